The highest BCUT2D eigenvalue weighted by molar-refractivity contribution is 5.98. The summed E-state index contributed by atoms with van der Waals surface area (Å²) in [6, 6.07) is 16.0. The Morgan fingerprint density at radius 2 is 1.82 bits per heavy atom. The monoisotopic (exact) mass is 451 g/mol. The molecule has 1 unspecified atom stereocenters. The van der Waals surface area contributed by atoms with Gasteiger partial charge < -0.3 is 19.9 Å². The molecule has 7 nitrogen and oxygen atoms in total. The van der Waals surface area contributed by atoms with E-state index in [9.17, 15) is 14.4 Å². The molecule has 3 rings (SSSR count). The van der Waals surface area contributed by atoms with Crippen molar-refractivity contribution in [3.8, 4) is 0 Å². The fourth-order valence-corrected chi connectivity index (χ4v) is 3.84. The van der Waals surface area contributed by atoms with E-state index in [2.05, 4.69) is 5.32 Å². The normalized spacial score (nSPS) is 15.0. The number of nitrogens with one attached hydrogen (secondary N) is 1. The van der Waals surface area contributed by atoms with Crippen LogP contribution >= 0.6 is 0 Å². The minimum atomic E-state index is -0.688. The van der Waals surface area contributed by atoms with E-state index in [1.54, 1.807) is 18.0 Å². The summed E-state index contributed by atoms with van der Waals surface area (Å²) in [5.41, 5.74) is 1.68. The number of carbonyl (C=O) groups is 3. The highest BCUT2D eigenvalue weighted by Crippen LogP contribution is 2.27. The van der Waals surface area contributed by atoms with Crippen LogP contribution in [-0.4, -0.2) is 46.9 Å². The molecule has 1 atom stereocenters. The van der Waals surface area contributed by atoms with Gasteiger partial charge in [-0.05, 0) is 56.9 Å². The first-order chi connectivity index (χ1) is 15.6. The molecule has 1 saturated heterocycles. The summed E-state index contributed by atoms with van der Waals surface area (Å²) in [6.07, 6.45) is 1.79. The number of nitrogens with zero attached hydrogens (tertiary/aromatic N) is 2. The zero-order chi connectivity index (χ0) is 24.0. The molecule has 0 radical (unpaired) electrons. The molecule has 176 valence electrons. The standard InChI is InChI=1S/C26H33N3O4/c1-26(2,3)33-25(32)28(4)18-19-11-10-14-21(17-19)27-24(31)23(20-12-6-5-7-13-20)29-16-9-8-15-22(29)30/h5-7,10-14,17,23H,8-9,15-16,18H2,1-4H3,(H,27,31). The summed E-state index contributed by atoms with van der Waals surface area (Å²) >= 11 is 0. The van der Waals surface area contributed by atoms with E-state index in [1.165, 1.54) is 4.90 Å². The van der Waals surface area contributed by atoms with E-state index in [1.807, 2.05) is 69.3 Å². The molecule has 1 aliphatic heterocycles. The second-order valence-corrected chi connectivity index (χ2v) is 9.38. The zero-order valence-electron chi connectivity index (χ0n) is 19.8. The third-order valence-electron chi connectivity index (χ3n) is 5.35. The molecule has 0 aromatic heterocycles. The lowest BCUT2D eigenvalue weighted by Gasteiger charge is -2.34. The molecule has 3 amide bonds. The Morgan fingerprint density at radius 3 is 2.48 bits per heavy atom. The largest absolute Gasteiger partial charge is 0.444 e. The second-order valence-electron chi connectivity index (χ2n) is 9.38. The quantitative estimate of drug-likeness (QED) is 0.688. The Bertz CT molecular complexity index is 985. The number of ether oxygens (including phenoxy) is 1. The van der Waals surface area contributed by atoms with Crippen LogP contribution in [0, 0.1) is 0 Å². The summed E-state index contributed by atoms with van der Waals surface area (Å²) in [5, 5.41) is 2.97. The lowest BCUT2D eigenvalue weighted by atomic mass is 10.0. The van der Waals surface area contributed by atoms with Gasteiger partial charge in [-0.15, -0.1) is 0 Å². The molecule has 1 fully saturated rings. The maximum Gasteiger partial charge on any atom is 0.410 e. The Labute approximate surface area is 195 Å². The van der Waals surface area contributed by atoms with Crippen molar-refractivity contribution in [2.75, 3.05) is 18.9 Å². The van der Waals surface area contributed by atoms with Gasteiger partial charge >= 0.3 is 6.09 Å². The van der Waals surface area contributed by atoms with Gasteiger partial charge in [0.05, 0.1) is 0 Å². The topological polar surface area (TPSA) is 79.0 Å². The Hall–Kier alpha value is -3.35. The molecular formula is C26H33N3O4. The van der Waals surface area contributed by atoms with E-state index in [0.717, 1.165) is 24.0 Å². The molecule has 0 spiro atoms. The number of amides is 3. The van der Waals surface area contributed by atoms with Crippen LogP contribution < -0.4 is 5.32 Å². The molecule has 1 heterocycles. The number of benzene rings is 2. The van der Waals surface area contributed by atoms with E-state index in [4.69, 9.17) is 4.74 Å². The first kappa shape index (κ1) is 24.3. The van der Waals surface area contributed by atoms with Crippen LogP contribution in [0.4, 0.5) is 10.5 Å². The van der Waals surface area contributed by atoms with Gasteiger partial charge in [-0.1, -0.05) is 42.5 Å². The molecule has 2 aromatic carbocycles. The Morgan fingerprint density at radius 1 is 1.09 bits per heavy atom. The molecule has 0 saturated carbocycles. The van der Waals surface area contributed by atoms with Crippen molar-refractivity contribution in [1.29, 1.82) is 0 Å². The fourth-order valence-electron chi connectivity index (χ4n) is 3.84. The van der Waals surface area contributed by atoms with Crippen molar-refractivity contribution in [2.45, 2.75) is 58.2 Å². The number of hydrogen-bond acceptors (Lipinski definition) is 4. The van der Waals surface area contributed by atoms with Gasteiger partial charge in [-0.25, -0.2) is 4.79 Å². The van der Waals surface area contributed by atoms with Gasteiger partial charge in [0.15, 0.2) is 0 Å². The molecular weight excluding hydrogens is 418 g/mol. The van der Waals surface area contributed by atoms with Gasteiger partial charge in [-0.2, -0.15) is 0 Å². The first-order valence-corrected chi connectivity index (χ1v) is 11.3. The summed E-state index contributed by atoms with van der Waals surface area (Å²) in [7, 11) is 1.67. The van der Waals surface area contributed by atoms with Crippen LogP contribution in [0.15, 0.2) is 54.6 Å². The fraction of sp³-hybridized carbons (Fsp3) is 0.423. The van der Waals surface area contributed by atoms with Gasteiger partial charge in [0.2, 0.25) is 5.91 Å². The zero-order valence-corrected chi connectivity index (χ0v) is 19.8. The van der Waals surface area contributed by atoms with Crippen LogP contribution in [0.5, 0.6) is 0 Å². The first-order valence-electron chi connectivity index (χ1n) is 11.3. The van der Waals surface area contributed by atoms with Crippen LogP contribution in [0.25, 0.3) is 0 Å². The van der Waals surface area contributed by atoms with E-state index < -0.39 is 17.7 Å². The summed E-state index contributed by atoms with van der Waals surface area (Å²) in [6.45, 7) is 6.37. The number of hydrogen-bond donors (Lipinski definition) is 1. The molecule has 33 heavy (non-hydrogen) atoms. The third-order valence-corrected chi connectivity index (χ3v) is 5.35. The molecule has 2 aromatic rings. The number of anilines is 1. The van der Waals surface area contributed by atoms with Crippen LogP contribution in [-0.2, 0) is 20.9 Å². The Kier molecular flexibility index (Phi) is 7.74. The summed E-state index contributed by atoms with van der Waals surface area (Å²) in [5.74, 6) is -0.257. The van der Waals surface area contributed by atoms with E-state index in [-0.39, 0.29) is 11.8 Å². The van der Waals surface area contributed by atoms with Gasteiger partial charge in [0.25, 0.3) is 5.91 Å². The highest BCUT2D eigenvalue weighted by atomic mass is 16.6. The van der Waals surface area contributed by atoms with Crippen LogP contribution in [0.1, 0.15) is 57.2 Å². The Balaban J connectivity index is 1.75. The summed E-state index contributed by atoms with van der Waals surface area (Å²) in [4.78, 5) is 41.4. The molecule has 1 aliphatic rings. The van der Waals surface area contributed by atoms with Gasteiger partial charge in [-0.3, -0.25) is 9.59 Å². The lowest BCUT2D eigenvalue weighted by molar-refractivity contribution is -0.141. The maximum atomic E-state index is 13.4. The minimum Gasteiger partial charge on any atom is -0.444 e. The van der Waals surface area contributed by atoms with E-state index >= 15 is 0 Å². The SMILES string of the molecule is CN(Cc1cccc(NC(=O)C(c2ccccc2)N2CCCCC2=O)c1)C(=O)OC(C)(C)C. The van der Waals surface area contributed by atoms with Crippen molar-refractivity contribution >= 4 is 23.6 Å². The predicted octanol–water partition coefficient (Wildman–Crippen LogP) is 4.75. The smallest absolute Gasteiger partial charge is 0.410 e. The van der Waals surface area contributed by atoms with Gasteiger partial charge in [0.1, 0.15) is 11.6 Å². The maximum absolute atomic E-state index is 13.4. The number of rotatable bonds is 6. The van der Waals surface area contributed by atoms with Gasteiger partial charge in [0, 0.05) is 32.2 Å². The number of carbonyl (C=O) groups excluding carboxylic acids is 3. The highest BCUT2D eigenvalue weighted by Gasteiger charge is 2.32. The average Bonchev–Trinajstić information content (AvgIpc) is 2.75. The molecule has 1 N–H and O–H groups in total. The van der Waals surface area contributed by atoms with Crippen molar-refractivity contribution in [2.24, 2.45) is 0 Å². The van der Waals surface area contributed by atoms with Crippen LogP contribution in [0.3, 0.4) is 0 Å². The van der Waals surface area contributed by atoms with E-state index in [0.29, 0.717) is 25.2 Å². The molecule has 7 heteroatoms. The van der Waals surface area contributed by atoms with Crippen molar-refractivity contribution in [1.82, 2.24) is 9.80 Å². The summed E-state index contributed by atoms with van der Waals surface area (Å²) < 4.78 is 5.40. The van der Waals surface area contributed by atoms with Crippen molar-refractivity contribution in [3.63, 3.8) is 0 Å². The second kappa shape index (κ2) is 10.5. The van der Waals surface area contributed by atoms with Crippen molar-refractivity contribution in [3.05, 3.63) is 65.7 Å². The number of piperidine rings is 1. The number of likely N-dealkylation sites (tertiary alicyclic amines) is 1. The predicted molar refractivity (Wildman–Crippen MR) is 128 cm³/mol. The minimum absolute atomic E-state index is 0.00186. The average molecular weight is 452 g/mol. The molecule has 0 aliphatic carbocycles. The third kappa shape index (κ3) is 6.81. The van der Waals surface area contributed by atoms with Crippen molar-refractivity contribution < 1.29 is 19.1 Å². The molecule has 0 bridgehead atoms. The van der Waals surface area contributed by atoms with Crippen LogP contribution in [0.2, 0.25) is 0 Å². The lowest BCUT2D eigenvalue weighted by Crippen LogP contribution is -2.43.